The number of aromatic nitrogens is 2. The molecule has 0 saturated carbocycles. The number of rotatable bonds is 5. The summed E-state index contributed by atoms with van der Waals surface area (Å²) in [6.45, 7) is 1.33. The Morgan fingerprint density at radius 2 is 1.88 bits per heavy atom. The fourth-order valence-corrected chi connectivity index (χ4v) is 2.80. The second-order valence-electron chi connectivity index (χ2n) is 6.04. The lowest BCUT2D eigenvalue weighted by atomic mass is 10.1. The molecule has 2 aromatic carbocycles. The summed E-state index contributed by atoms with van der Waals surface area (Å²) in [5, 5.41) is 13.9. The third-order valence-corrected chi connectivity index (χ3v) is 3.79. The number of benzene rings is 2. The molecule has 0 aliphatic rings. The number of H-pyrrole nitrogens is 1. The number of hydrogen-bond acceptors (Lipinski definition) is 4. The van der Waals surface area contributed by atoms with Gasteiger partial charge >= 0.3 is 0 Å². The minimum atomic E-state index is -0.499. The van der Waals surface area contributed by atoms with Crippen LogP contribution in [-0.2, 0) is 13.1 Å². The first-order valence-corrected chi connectivity index (χ1v) is 7.53. The van der Waals surface area contributed by atoms with Crippen LogP contribution < -0.4 is 5.56 Å². The number of aromatic amines is 1. The molecule has 0 fully saturated rings. The second kappa shape index (κ2) is 7.50. The van der Waals surface area contributed by atoms with Crippen LogP contribution in [0.1, 0.15) is 11.1 Å². The molecule has 0 aliphatic heterocycles. The van der Waals surface area contributed by atoms with Gasteiger partial charge in [-0.25, -0.2) is 0 Å². The van der Waals surface area contributed by atoms with Crippen molar-refractivity contribution in [3.05, 3.63) is 74.1 Å². The molecule has 0 amide bonds. The topological polar surface area (TPSA) is 84.2 Å². The van der Waals surface area contributed by atoms with Crippen molar-refractivity contribution in [1.29, 1.82) is 0 Å². The lowest BCUT2D eigenvalue weighted by molar-refractivity contribution is -0.384. The lowest BCUT2D eigenvalue weighted by Crippen LogP contribution is -2.11. The number of halogens is 1. The summed E-state index contributed by atoms with van der Waals surface area (Å²) in [5.74, 6) is 0. The largest absolute Gasteiger partial charge is 0.305 e. The summed E-state index contributed by atoms with van der Waals surface area (Å²) >= 11 is 0. The van der Waals surface area contributed by atoms with Crippen molar-refractivity contribution in [2.75, 3.05) is 14.1 Å². The molecule has 3 aromatic rings. The van der Waals surface area contributed by atoms with Gasteiger partial charge in [0.1, 0.15) is 0 Å². The average molecular weight is 363 g/mol. The van der Waals surface area contributed by atoms with E-state index in [4.69, 9.17) is 0 Å². The van der Waals surface area contributed by atoms with E-state index < -0.39 is 4.92 Å². The zero-order valence-electron chi connectivity index (χ0n) is 13.9. The molecule has 8 heteroatoms. The van der Waals surface area contributed by atoms with Gasteiger partial charge in [-0.05, 0) is 31.3 Å². The SMILES string of the molecule is CN(C)Cc1cccc(Cn2[nH]c(=O)c3cc([N+](=O)[O-])ccc32)c1.Cl. The molecule has 1 heterocycles. The third kappa shape index (κ3) is 4.07. The first kappa shape index (κ1) is 18.7. The van der Waals surface area contributed by atoms with Gasteiger partial charge in [-0.15, -0.1) is 12.4 Å². The minimum Gasteiger partial charge on any atom is -0.305 e. The smallest absolute Gasteiger partial charge is 0.272 e. The molecule has 0 unspecified atom stereocenters. The molecular formula is C17H19ClN4O3. The van der Waals surface area contributed by atoms with Crippen molar-refractivity contribution < 1.29 is 4.92 Å². The van der Waals surface area contributed by atoms with Crippen LogP contribution in [0.4, 0.5) is 5.69 Å². The van der Waals surface area contributed by atoms with Crippen LogP contribution in [-0.4, -0.2) is 33.7 Å². The number of nitro benzene ring substituents is 1. The molecule has 0 radical (unpaired) electrons. The molecule has 0 saturated heterocycles. The Labute approximate surface area is 150 Å². The van der Waals surface area contributed by atoms with E-state index in [0.29, 0.717) is 17.4 Å². The van der Waals surface area contributed by atoms with E-state index in [9.17, 15) is 14.9 Å². The molecule has 0 atom stereocenters. The predicted molar refractivity (Wildman–Crippen MR) is 99.4 cm³/mol. The predicted octanol–water partition coefficient (Wildman–Crippen LogP) is 2.77. The Morgan fingerprint density at radius 3 is 2.56 bits per heavy atom. The zero-order valence-corrected chi connectivity index (χ0v) is 14.7. The van der Waals surface area contributed by atoms with E-state index >= 15 is 0 Å². The van der Waals surface area contributed by atoms with Crippen molar-refractivity contribution in [1.82, 2.24) is 14.7 Å². The van der Waals surface area contributed by atoms with Crippen molar-refractivity contribution >= 4 is 29.0 Å². The number of nitrogens with one attached hydrogen (secondary N) is 1. The number of nitro groups is 1. The quantitative estimate of drug-likeness (QED) is 0.558. The summed E-state index contributed by atoms with van der Waals surface area (Å²) in [6.07, 6.45) is 0. The van der Waals surface area contributed by atoms with Gasteiger partial charge in [0, 0.05) is 18.7 Å². The van der Waals surface area contributed by atoms with E-state index in [1.807, 2.05) is 26.2 Å². The van der Waals surface area contributed by atoms with Crippen molar-refractivity contribution in [3.63, 3.8) is 0 Å². The fourth-order valence-electron chi connectivity index (χ4n) is 2.80. The molecule has 0 aliphatic carbocycles. The molecular weight excluding hydrogens is 344 g/mol. The highest BCUT2D eigenvalue weighted by Gasteiger charge is 2.12. The molecule has 1 N–H and O–H groups in total. The molecule has 3 rings (SSSR count). The molecule has 1 aromatic heterocycles. The van der Waals surface area contributed by atoms with Crippen molar-refractivity contribution in [3.8, 4) is 0 Å². The van der Waals surface area contributed by atoms with Crippen molar-refractivity contribution in [2.45, 2.75) is 13.1 Å². The van der Waals surface area contributed by atoms with E-state index in [-0.39, 0.29) is 23.7 Å². The Morgan fingerprint density at radius 1 is 1.16 bits per heavy atom. The summed E-state index contributed by atoms with van der Waals surface area (Å²) in [6, 6.07) is 12.5. The highest BCUT2D eigenvalue weighted by molar-refractivity contribution is 5.85. The van der Waals surface area contributed by atoms with Gasteiger partial charge in [0.2, 0.25) is 0 Å². The summed E-state index contributed by atoms with van der Waals surface area (Å²) < 4.78 is 1.72. The van der Waals surface area contributed by atoms with Crippen LogP contribution in [0.5, 0.6) is 0 Å². The molecule has 132 valence electrons. The van der Waals surface area contributed by atoms with Gasteiger partial charge in [0.25, 0.3) is 11.2 Å². The zero-order chi connectivity index (χ0) is 17.3. The Kier molecular flexibility index (Phi) is 5.61. The third-order valence-electron chi connectivity index (χ3n) is 3.79. The van der Waals surface area contributed by atoms with E-state index in [2.05, 4.69) is 22.1 Å². The van der Waals surface area contributed by atoms with Crippen LogP contribution in [0.25, 0.3) is 10.9 Å². The molecule has 0 spiro atoms. The standard InChI is InChI=1S/C17H18N4O3.ClH/c1-19(2)10-12-4-3-5-13(8-12)11-20-16-7-6-14(21(23)24)9-15(16)17(22)18-20;/h3-9H,10-11H2,1-2H3,(H,18,22);1H. The van der Waals surface area contributed by atoms with Gasteiger partial charge in [0.15, 0.2) is 0 Å². The maximum absolute atomic E-state index is 12.1. The highest BCUT2D eigenvalue weighted by Crippen LogP contribution is 2.19. The second-order valence-corrected chi connectivity index (χ2v) is 6.04. The number of hydrogen-bond donors (Lipinski definition) is 1. The van der Waals surface area contributed by atoms with Crippen LogP contribution in [0.2, 0.25) is 0 Å². The van der Waals surface area contributed by atoms with E-state index in [1.165, 1.54) is 17.7 Å². The van der Waals surface area contributed by atoms with Crippen LogP contribution in [0, 0.1) is 10.1 Å². The maximum Gasteiger partial charge on any atom is 0.272 e. The summed E-state index contributed by atoms with van der Waals surface area (Å²) in [4.78, 5) is 24.5. The van der Waals surface area contributed by atoms with Gasteiger partial charge < -0.3 is 4.90 Å². The first-order chi connectivity index (χ1) is 11.4. The van der Waals surface area contributed by atoms with E-state index in [1.54, 1.807) is 10.7 Å². The average Bonchev–Trinajstić information content (AvgIpc) is 2.83. The minimum absolute atomic E-state index is 0. The van der Waals surface area contributed by atoms with Gasteiger partial charge in [-0.3, -0.25) is 24.7 Å². The normalized spacial score (nSPS) is 10.8. The van der Waals surface area contributed by atoms with Gasteiger partial charge in [-0.1, -0.05) is 24.3 Å². The molecule has 7 nitrogen and oxygen atoms in total. The number of nitrogens with zero attached hydrogens (tertiary/aromatic N) is 3. The van der Waals surface area contributed by atoms with Crippen LogP contribution in [0.15, 0.2) is 47.3 Å². The fraction of sp³-hybridized carbons (Fsp3) is 0.235. The molecule has 25 heavy (non-hydrogen) atoms. The Bertz CT molecular complexity index is 962. The summed E-state index contributed by atoms with van der Waals surface area (Å²) in [7, 11) is 4.02. The maximum atomic E-state index is 12.1. The molecule has 0 bridgehead atoms. The highest BCUT2D eigenvalue weighted by atomic mass is 35.5. The summed E-state index contributed by atoms with van der Waals surface area (Å²) in [5.41, 5.74) is 2.49. The monoisotopic (exact) mass is 362 g/mol. The Balaban J connectivity index is 0.00000225. The van der Waals surface area contributed by atoms with Crippen LogP contribution in [0.3, 0.4) is 0 Å². The number of fused-ring (bicyclic) bond motifs is 1. The lowest BCUT2D eigenvalue weighted by Gasteiger charge is -2.11. The van der Waals surface area contributed by atoms with Crippen LogP contribution >= 0.6 is 12.4 Å². The van der Waals surface area contributed by atoms with Crippen molar-refractivity contribution in [2.24, 2.45) is 0 Å². The first-order valence-electron chi connectivity index (χ1n) is 7.53. The van der Waals surface area contributed by atoms with E-state index in [0.717, 1.165) is 12.1 Å². The van der Waals surface area contributed by atoms with Gasteiger partial charge in [0.05, 0.1) is 22.4 Å². The van der Waals surface area contributed by atoms with Gasteiger partial charge in [-0.2, -0.15) is 0 Å². The Hall–Kier alpha value is -2.64. The number of non-ortho nitro benzene ring substituents is 1.